The molecule has 0 saturated carbocycles. The Bertz CT molecular complexity index is 513. The number of allylic oxidation sites excluding steroid dienone is 1. The van der Waals surface area contributed by atoms with Gasteiger partial charge in [-0.05, 0) is 28.4 Å². The SMILES string of the molecule is C=C(C)c1cn(C)c2ncc(Br)nc12. The monoisotopic (exact) mass is 251 g/mol. The molecule has 72 valence electrons. The highest BCUT2D eigenvalue weighted by atomic mass is 79.9. The molecule has 0 spiro atoms. The van der Waals surface area contributed by atoms with Crippen LogP contribution in [0.25, 0.3) is 16.7 Å². The van der Waals surface area contributed by atoms with Crippen molar-refractivity contribution in [1.29, 1.82) is 0 Å². The van der Waals surface area contributed by atoms with Gasteiger partial charge in [0.1, 0.15) is 10.1 Å². The topological polar surface area (TPSA) is 30.7 Å². The van der Waals surface area contributed by atoms with Crippen LogP contribution in [0.15, 0.2) is 23.6 Å². The summed E-state index contributed by atoms with van der Waals surface area (Å²) < 4.78 is 2.71. The summed E-state index contributed by atoms with van der Waals surface area (Å²) >= 11 is 3.31. The fourth-order valence-corrected chi connectivity index (χ4v) is 1.71. The third-order valence-electron chi connectivity index (χ3n) is 2.10. The second kappa shape index (κ2) is 3.20. The first kappa shape index (κ1) is 9.40. The number of aryl methyl sites for hydroxylation is 1. The second-order valence-electron chi connectivity index (χ2n) is 3.30. The highest BCUT2D eigenvalue weighted by Crippen LogP contribution is 2.23. The molecule has 0 amide bonds. The first-order chi connectivity index (χ1) is 6.59. The molecule has 0 aromatic carbocycles. The molecule has 0 radical (unpaired) electrons. The van der Waals surface area contributed by atoms with Gasteiger partial charge in [0.05, 0.1) is 6.20 Å². The second-order valence-corrected chi connectivity index (χ2v) is 4.11. The first-order valence-corrected chi connectivity index (χ1v) is 5.02. The Balaban J connectivity index is 2.85. The number of fused-ring (bicyclic) bond motifs is 1. The van der Waals surface area contributed by atoms with Gasteiger partial charge in [-0.3, -0.25) is 0 Å². The molecule has 2 aromatic rings. The highest BCUT2D eigenvalue weighted by Gasteiger charge is 2.09. The van der Waals surface area contributed by atoms with Crippen molar-refractivity contribution in [3.05, 3.63) is 29.1 Å². The van der Waals surface area contributed by atoms with E-state index >= 15 is 0 Å². The lowest BCUT2D eigenvalue weighted by Crippen LogP contribution is -1.88. The predicted molar refractivity (Wildman–Crippen MR) is 60.9 cm³/mol. The Morgan fingerprint density at radius 3 is 2.93 bits per heavy atom. The molecule has 0 N–H and O–H groups in total. The largest absolute Gasteiger partial charge is 0.334 e. The quantitative estimate of drug-likeness (QED) is 0.781. The Morgan fingerprint density at radius 1 is 1.57 bits per heavy atom. The molecule has 4 heteroatoms. The van der Waals surface area contributed by atoms with Crippen molar-refractivity contribution in [3.63, 3.8) is 0 Å². The molecular weight excluding hydrogens is 242 g/mol. The fraction of sp³-hybridized carbons (Fsp3) is 0.200. The zero-order valence-electron chi connectivity index (χ0n) is 8.08. The average molecular weight is 252 g/mol. The van der Waals surface area contributed by atoms with Crippen molar-refractivity contribution in [3.8, 4) is 0 Å². The predicted octanol–water partition coefficient (Wildman–Crippen LogP) is 2.76. The van der Waals surface area contributed by atoms with Gasteiger partial charge in [-0.1, -0.05) is 6.58 Å². The van der Waals surface area contributed by atoms with E-state index in [-0.39, 0.29) is 0 Å². The molecule has 2 aromatic heterocycles. The van der Waals surface area contributed by atoms with Crippen LogP contribution < -0.4 is 0 Å². The van der Waals surface area contributed by atoms with Crippen molar-refractivity contribution >= 4 is 32.7 Å². The maximum Gasteiger partial charge on any atom is 0.159 e. The molecule has 2 rings (SSSR count). The zero-order chi connectivity index (χ0) is 10.3. The van der Waals surface area contributed by atoms with Crippen LogP contribution in [0.1, 0.15) is 12.5 Å². The van der Waals surface area contributed by atoms with E-state index < -0.39 is 0 Å². The van der Waals surface area contributed by atoms with Gasteiger partial charge in [-0.15, -0.1) is 0 Å². The van der Waals surface area contributed by atoms with Gasteiger partial charge in [-0.25, -0.2) is 9.97 Å². The van der Waals surface area contributed by atoms with Crippen LogP contribution in [0, 0.1) is 0 Å². The van der Waals surface area contributed by atoms with Crippen LogP contribution in [0.2, 0.25) is 0 Å². The molecule has 0 atom stereocenters. The lowest BCUT2D eigenvalue weighted by Gasteiger charge is -1.95. The first-order valence-electron chi connectivity index (χ1n) is 4.23. The van der Waals surface area contributed by atoms with Gasteiger partial charge in [0.2, 0.25) is 0 Å². The summed E-state index contributed by atoms with van der Waals surface area (Å²) in [6.45, 7) is 5.89. The minimum atomic E-state index is 0.749. The smallest absolute Gasteiger partial charge is 0.159 e. The minimum Gasteiger partial charge on any atom is -0.334 e. The Hall–Kier alpha value is -1.16. The highest BCUT2D eigenvalue weighted by molar-refractivity contribution is 9.10. The van der Waals surface area contributed by atoms with Crippen molar-refractivity contribution in [2.75, 3.05) is 0 Å². The number of aromatic nitrogens is 3. The third-order valence-corrected chi connectivity index (χ3v) is 2.48. The van der Waals surface area contributed by atoms with Crippen LogP contribution in [-0.4, -0.2) is 14.5 Å². The van der Waals surface area contributed by atoms with Gasteiger partial charge in [0.15, 0.2) is 5.65 Å². The summed E-state index contributed by atoms with van der Waals surface area (Å²) in [5, 5.41) is 0. The molecule has 14 heavy (non-hydrogen) atoms. The molecule has 0 aliphatic carbocycles. The van der Waals surface area contributed by atoms with Gasteiger partial charge < -0.3 is 4.57 Å². The average Bonchev–Trinajstić information content (AvgIpc) is 2.43. The maximum absolute atomic E-state index is 4.39. The number of halogens is 1. The Kier molecular flexibility index (Phi) is 2.15. The minimum absolute atomic E-state index is 0.749. The van der Waals surface area contributed by atoms with E-state index in [1.165, 1.54) is 0 Å². The fourth-order valence-electron chi connectivity index (χ4n) is 1.43. The van der Waals surface area contributed by atoms with Crippen molar-refractivity contribution in [2.24, 2.45) is 7.05 Å². The van der Waals surface area contributed by atoms with Gasteiger partial charge in [-0.2, -0.15) is 0 Å². The molecule has 0 aliphatic rings. The summed E-state index contributed by atoms with van der Waals surface area (Å²) in [4.78, 5) is 8.69. The van der Waals surface area contributed by atoms with E-state index in [1.807, 2.05) is 24.7 Å². The van der Waals surface area contributed by atoms with Gasteiger partial charge >= 0.3 is 0 Å². The molecular formula is C10H10BrN3. The van der Waals surface area contributed by atoms with Gasteiger partial charge in [0.25, 0.3) is 0 Å². The maximum atomic E-state index is 4.39. The van der Waals surface area contributed by atoms with Crippen LogP contribution in [0.4, 0.5) is 0 Å². The molecule has 0 aliphatic heterocycles. The van der Waals surface area contributed by atoms with Crippen LogP contribution >= 0.6 is 15.9 Å². The van der Waals surface area contributed by atoms with E-state index in [0.29, 0.717) is 0 Å². The number of nitrogens with zero attached hydrogens (tertiary/aromatic N) is 3. The summed E-state index contributed by atoms with van der Waals surface area (Å²) in [6, 6.07) is 0. The van der Waals surface area contributed by atoms with Crippen LogP contribution in [0.3, 0.4) is 0 Å². The van der Waals surface area contributed by atoms with E-state index in [0.717, 1.165) is 26.9 Å². The molecule has 0 unspecified atom stereocenters. The van der Waals surface area contributed by atoms with E-state index in [2.05, 4.69) is 32.5 Å². The summed E-state index contributed by atoms with van der Waals surface area (Å²) in [7, 11) is 1.96. The van der Waals surface area contributed by atoms with Crippen molar-refractivity contribution in [2.45, 2.75) is 6.92 Å². The number of hydrogen-bond acceptors (Lipinski definition) is 2. The zero-order valence-corrected chi connectivity index (χ0v) is 9.67. The lowest BCUT2D eigenvalue weighted by molar-refractivity contribution is 0.943. The molecule has 2 heterocycles. The number of hydrogen-bond donors (Lipinski definition) is 0. The lowest BCUT2D eigenvalue weighted by atomic mass is 10.2. The van der Waals surface area contributed by atoms with Crippen molar-refractivity contribution < 1.29 is 0 Å². The summed E-state index contributed by atoms with van der Waals surface area (Å²) in [5.41, 5.74) is 3.83. The Morgan fingerprint density at radius 2 is 2.29 bits per heavy atom. The summed E-state index contributed by atoms with van der Waals surface area (Å²) in [6.07, 6.45) is 3.70. The molecule has 3 nitrogen and oxygen atoms in total. The Labute approximate surface area is 90.6 Å². The summed E-state index contributed by atoms with van der Waals surface area (Å²) in [5.74, 6) is 0. The van der Waals surface area contributed by atoms with Gasteiger partial charge in [0, 0.05) is 18.8 Å². The number of rotatable bonds is 1. The standard InChI is InChI=1S/C10H10BrN3/c1-6(2)7-5-14(3)10-9(7)13-8(11)4-12-10/h4-5H,1H2,2-3H3. The van der Waals surface area contributed by atoms with E-state index in [4.69, 9.17) is 0 Å². The van der Waals surface area contributed by atoms with Crippen molar-refractivity contribution in [1.82, 2.24) is 14.5 Å². The van der Waals surface area contributed by atoms with Crippen LogP contribution in [-0.2, 0) is 7.05 Å². The normalized spacial score (nSPS) is 10.8. The third kappa shape index (κ3) is 1.35. The van der Waals surface area contributed by atoms with Crippen LogP contribution in [0.5, 0.6) is 0 Å². The molecule has 0 fully saturated rings. The molecule has 0 bridgehead atoms. The molecule has 0 saturated heterocycles. The van der Waals surface area contributed by atoms with E-state index in [1.54, 1.807) is 6.20 Å². The van der Waals surface area contributed by atoms with E-state index in [9.17, 15) is 0 Å².